The van der Waals surface area contributed by atoms with Crippen molar-refractivity contribution in [2.45, 2.75) is 25.0 Å². The highest BCUT2D eigenvalue weighted by molar-refractivity contribution is 6.32. The number of nitrogen functional groups attached to an aromatic ring is 1. The van der Waals surface area contributed by atoms with Crippen molar-refractivity contribution in [3.05, 3.63) is 59.1 Å². The predicted octanol–water partition coefficient (Wildman–Crippen LogP) is 3.58. The molecule has 0 spiro atoms. The molecule has 2 aliphatic heterocycles. The number of aromatic hydroxyl groups is 1. The number of carbonyl (C=O) groups is 1. The Morgan fingerprint density at radius 1 is 1.04 bits per heavy atom. The summed E-state index contributed by atoms with van der Waals surface area (Å²) >= 11 is 5.48. The highest BCUT2D eigenvalue weighted by Crippen LogP contribution is 2.25. The number of carboxylic acid groups (broad SMARTS) is 1. The third-order valence-corrected chi connectivity index (χ3v) is 4.18. The molecule has 6 nitrogen and oxygen atoms in total. The number of ether oxygens (including phenoxy) is 2. The molecule has 2 aromatic carbocycles. The molecule has 140 valence electrons. The normalized spacial score (nSPS) is 20.2. The van der Waals surface area contributed by atoms with E-state index in [9.17, 15) is 4.79 Å². The predicted molar refractivity (Wildman–Crippen MR) is 99.6 cm³/mol. The van der Waals surface area contributed by atoms with E-state index in [4.69, 9.17) is 37.0 Å². The fraction of sp³-hybridized carbons (Fsp3) is 0.316. The van der Waals surface area contributed by atoms with Gasteiger partial charge in [-0.2, -0.15) is 0 Å². The van der Waals surface area contributed by atoms with Crippen molar-refractivity contribution >= 4 is 23.3 Å². The smallest absolute Gasteiger partial charge is 0.335 e. The first kappa shape index (κ1) is 20.0. The van der Waals surface area contributed by atoms with Gasteiger partial charge in [0.25, 0.3) is 0 Å². The van der Waals surface area contributed by atoms with Gasteiger partial charge in [-0.05, 0) is 43.2 Å². The molecule has 2 aliphatic rings. The minimum Gasteiger partial charge on any atom is -0.506 e. The number of phenols is 1. The quantitative estimate of drug-likeness (QED) is 0.517. The summed E-state index contributed by atoms with van der Waals surface area (Å²) in [6, 6.07) is 12.8. The van der Waals surface area contributed by atoms with E-state index >= 15 is 0 Å². The number of aromatic carboxylic acids is 1. The lowest BCUT2D eigenvalue weighted by Crippen LogP contribution is -2.13. The third kappa shape index (κ3) is 6.22. The van der Waals surface area contributed by atoms with Crippen LogP contribution in [0.5, 0.6) is 5.75 Å². The van der Waals surface area contributed by atoms with Gasteiger partial charge in [0.05, 0.1) is 22.8 Å². The molecular formula is C19H22ClNO5. The second-order valence-corrected chi connectivity index (χ2v) is 6.19. The molecule has 26 heavy (non-hydrogen) atoms. The van der Waals surface area contributed by atoms with Crippen LogP contribution in [0.4, 0.5) is 5.69 Å². The highest BCUT2D eigenvalue weighted by Gasteiger charge is 2.33. The Bertz CT molecular complexity index is 690. The van der Waals surface area contributed by atoms with E-state index in [0.29, 0.717) is 23.5 Å². The van der Waals surface area contributed by atoms with Crippen molar-refractivity contribution in [1.82, 2.24) is 0 Å². The van der Waals surface area contributed by atoms with Gasteiger partial charge in [0.15, 0.2) is 0 Å². The molecule has 7 heteroatoms. The number of nitrogens with two attached hydrogens (primary N) is 1. The number of hydrogen-bond donors (Lipinski definition) is 3. The van der Waals surface area contributed by atoms with Gasteiger partial charge < -0.3 is 25.4 Å². The van der Waals surface area contributed by atoms with Gasteiger partial charge in [0.1, 0.15) is 5.75 Å². The molecule has 0 radical (unpaired) electrons. The highest BCUT2D eigenvalue weighted by atomic mass is 35.5. The molecule has 2 fully saturated rings. The zero-order valence-corrected chi connectivity index (χ0v) is 14.9. The van der Waals surface area contributed by atoms with Crippen LogP contribution in [0.15, 0.2) is 48.5 Å². The lowest BCUT2D eigenvalue weighted by Gasteiger charge is -2.03. The van der Waals surface area contributed by atoms with Crippen LogP contribution in [-0.2, 0) is 9.47 Å². The van der Waals surface area contributed by atoms with Gasteiger partial charge in [-0.3, -0.25) is 0 Å². The van der Waals surface area contributed by atoms with Gasteiger partial charge in [-0.15, -0.1) is 0 Å². The number of phenolic OH excluding ortho intramolecular Hbond substituents is 1. The van der Waals surface area contributed by atoms with Gasteiger partial charge >= 0.3 is 5.97 Å². The Hall–Kier alpha value is -2.28. The maximum Gasteiger partial charge on any atom is 0.335 e. The molecule has 0 aromatic heterocycles. The van der Waals surface area contributed by atoms with Gasteiger partial charge in [0.2, 0.25) is 0 Å². The summed E-state index contributed by atoms with van der Waals surface area (Å²) in [7, 11) is 0. The molecule has 0 saturated carbocycles. The van der Waals surface area contributed by atoms with Crippen LogP contribution in [0, 0.1) is 0 Å². The molecule has 0 amide bonds. The first-order valence-electron chi connectivity index (χ1n) is 8.23. The number of rotatable bonds is 1. The SMILES string of the molecule is C1C[C@H]2OCC[C@H]2O1.Nc1ccc(O)c(Cl)c1.O=C(O)c1ccccc1. The Morgan fingerprint density at radius 2 is 1.62 bits per heavy atom. The van der Waals surface area contributed by atoms with Crippen LogP contribution in [0.2, 0.25) is 5.02 Å². The molecule has 0 bridgehead atoms. The van der Waals surface area contributed by atoms with Crippen LogP contribution in [0.3, 0.4) is 0 Å². The van der Waals surface area contributed by atoms with Crippen LogP contribution in [0.1, 0.15) is 23.2 Å². The maximum absolute atomic E-state index is 10.2. The van der Waals surface area contributed by atoms with E-state index in [-0.39, 0.29) is 10.8 Å². The molecule has 0 aliphatic carbocycles. The molecule has 2 atom stereocenters. The van der Waals surface area contributed by atoms with E-state index in [1.54, 1.807) is 36.4 Å². The molecule has 2 saturated heterocycles. The van der Waals surface area contributed by atoms with Crippen molar-refractivity contribution in [1.29, 1.82) is 0 Å². The maximum atomic E-state index is 10.2. The zero-order valence-electron chi connectivity index (χ0n) is 14.2. The zero-order chi connectivity index (χ0) is 18.9. The van der Waals surface area contributed by atoms with Crippen LogP contribution >= 0.6 is 11.6 Å². The summed E-state index contributed by atoms with van der Waals surface area (Å²) in [6.07, 6.45) is 3.14. The molecular weight excluding hydrogens is 358 g/mol. The Kier molecular flexibility index (Phi) is 7.72. The molecule has 0 unspecified atom stereocenters. The summed E-state index contributed by atoms with van der Waals surface area (Å²) in [5.74, 6) is -0.818. The topological polar surface area (TPSA) is 102 Å². The summed E-state index contributed by atoms with van der Waals surface area (Å²) in [6.45, 7) is 1.82. The molecule has 2 aromatic rings. The largest absolute Gasteiger partial charge is 0.506 e. The van der Waals surface area contributed by atoms with Crippen LogP contribution in [0.25, 0.3) is 0 Å². The number of benzene rings is 2. The van der Waals surface area contributed by atoms with Gasteiger partial charge in [-0.25, -0.2) is 4.79 Å². The summed E-state index contributed by atoms with van der Waals surface area (Å²) in [4.78, 5) is 10.2. The van der Waals surface area contributed by atoms with Crippen molar-refractivity contribution in [3.8, 4) is 5.75 Å². The number of hydrogen-bond acceptors (Lipinski definition) is 5. The summed E-state index contributed by atoms with van der Waals surface area (Å²) in [5, 5.41) is 17.5. The van der Waals surface area contributed by atoms with Gasteiger partial charge in [0, 0.05) is 18.9 Å². The van der Waals surface area contributed by atoms with Crippen LogP contribution < -0.4 is 5.73 Å². The number of carboxylic acids is 1. The molecule has 2 heterocycles. The second kappa shape index (κ2) is 10.0. The molecule has 4 rings (SSSR count). The van der Waals surface area contributed by atoms with Crippen molar-refractivity contribution < 1.29 is 24.5 Å². The fourth-order valence-corrected chi connectivity index (χ4v) is 2.72. The standard InChI is InChI=1S/C7H6O2.C6H6ClNO.C6H10O2/c8-7(9)6-4-2-1-3-5-6;7-5-3-4(8)1-2-6(5)9;1-3-7-6-2-4-8-5(1)6/h1-5H,(H,8,9);1-3,9H,8H2;5-6H,1-4H2/t;;5-,6-/m..1/s1. The third-order valence-electron chi connectivity index (χ3n) is 3.88. The number of fused-ring (bicyclic) bond motifs is 1. The molecule has 4 N–H and O–H groups in total. The lowest BCUT2D eigenvalue weighted by atomic mass is 10.2. The average Bonchev–Trinajstić information content (AvgIpc) is 3.25. The number of anilines is 1. The van der Waals surface area contributed by atoms with E-state index in [2.05, 4.69) is 0 Å². The Labute approximate surface area is 157 Å². The summed E-state index contributed by atoms with van der Waals surface area (Å²) < 4.78 is 10.7. The van der Waals surface area contributed by atoms with Crippen molar-refractivity contribution in [2.75, 3.05) is 18.9 Å². The van der Waals surface area contributed by atoms with E-state index in [0.717, 1.165) is 26.1 Å². The van der Waals surface area contributed by atoms with E-state index in [1.807, 2.05) is 0 Å². The number of halogens is 1. The Balaban J connectivity index is 0.000000140. The van der Waals surface area contributed by atoms with E-state index < -0.39 is 5.97 Å². The minimum atomic E-state index is -0.879. The van der Waals surface area contributed by atoms with Crippen molar-refractivity contribution in [3.63, 3.8) is 0 Å². The van der Waals surface area contributed by atoms with Crippen LogP contribution in [-0.4, -0.2) is 41.6 Å². The van der Waals surface area contributed by atoms with Gasteiger partial charge in [-0.1, -0.05) is 29.8 Å². The average molecular weight is 380 g/mol. The fourth-order valence-electron chi connectivity index (χ4n) is 2.53. The second-order valence-electron chi connectivity index (χ2n) is 5.78. The monoisotopic (exact) mass is 379 g/mol. The first-order chi connectivity index (χ1) is 12.5. The van der Waals surface area contributed by atoms with Crippen molar-refractivity contribution in [2.24, 2.45) is 0 Å². The van der Waals surface area contributed by atoms with E-state index in [1.165, 1.54) is 12.1 Å². The summed E-state index contributed by atoms with van der Waals surface area (Å²) in [5.41, 5.74) is 6.22. The minimum absolute atomic E-state index is 0.0610. The first-order valence-corrected chi connectivity index (χ1v) is 8.60. The Morgan fingerprint density at radius 3 is 2.04 bits per heavy atom. The lowest BCUT2D eigenvalue weighted by molar-refractivity contribution is 0.0697.